The number of aliphatic imine (C=N–C) groups is 1. The van der Waals surface area contributed by atoms with E-state index in [9.17, 15) is 0 Å². The number of nitrogens with zero attached hydrogens (tertiary/aromatic N) is 7. The molecule has 5 rings (SSSR count). The van der Waals surface area contributed by atoms with Crippen molar-refractivity contribution < 1.29 is 4.52 Å². The molecule has 0 amide bonds. The van der Waals surface area contributed by atoms with Crippen LogP contribution in [0.3, 0.4) is 0 Å². The largest absolute Gasteiger partial charge is 0.361 e. The quantitative estimate of drug-likeness (QED) is 0.604. The number of rotatable bonds is 3. The number of aryl methyl sites for hydroxylation is 1. The van der Waals surface area contributed by atoms with E-state index in [1.807, 2.05) is 25.3 Å². The first-order chi connectivity index (χ1) is 12.7. The van der Waals surface area contributed by atoms with Gasteiger partial charge in [-0.15, -0.1) is 0 Å². The summed E-state index contributed by atoms with van der Waals surface area (Å²) in [6.45, 7) is 2.93. The van der Waals surface area contributed by atoms with Crippen molar-refractivity contribution in [3.05, 3.63) is 59.8 Å². The molecule has 0 spiro atoms. The monoisotopic (exact) mass is 346 g/mol. The van der Waals surface area contributed by atoms with Crippen molar-refractivity contribution in [2.45, 2.75) is 20.0 Å². The van der Waals surface area contributed by atoms with Gasteiger partial charge in [0.2, 0.25) is 0 Å². The zero-order valence-electron chi connectivity index (χ0n) is 13.9. The molecule has 9 heteroatoms. The summed E-state index contributed by atoms with van der Waals surface area (Å²) in [5, 5.41) is 11.8. The van der Waals surface area contributed by atoms with Gasteiger partial charge in [0.15, 0.2) is 5.84 Å². The van der Waals surface area contributed by atoms with Gasteiger partial charge in [-0.3, -0.25) is 19.6 Å². The molecule has 0 fully saturated rings. The molecule has 9 nitrogen and oxygen atoms in total. The number of anilines is 1. The number of hydrogen-bond donors (Lipinski definition) is 1. The lowest BCUT2D eigenvalue weighted by Gasteiger charge is -2.05. The Morgan fingerprint density at radius 3 is 2.96 bits per heavy atom. The van der Waals surface area contributed by atoms with E-state index in [-0.39, 0.29) is 0 Å². The van der Waals surface area contributed by atoms with Crippen molar-refractivity contribution in [2.75, 3.05) is 5.32 Å². The summed E-state index contributed by atoms with van der Waals surface area (Å²) in [6, 6.07) is 3.83. The Bertz CT molecular complexity index is 1140. The summed E-state index contributed by atoms with van der Waals surface area (Å²) in [5.41, 5.74) is 4.87. The molecular weight excluding hydrogens is 332 g/mol. The van der Waals surface area contributed by atoms with Crippen molar-refractivity contribution in [1.29, 1.82) is 0 Å². The first-order valence-corrected chi connectivity index (χ1v) is 8.12. The van der Waals surface area contributed by atoms with E-state index in [1.54, 1.807) is 23.3 Å². The van der Waals surface area contributed by atoms with Crippen LogP contribution in [0.15, 0.2) is 46.4 Å². The lowest BCUT2D eigenvalue weighted by atomic mass is 10.3. The van der Waals surface area contributed by atoms with Crippen LogP contribution in [-0.4, -0.2) is 35.7 Å². The van der Waals surface area contributed by atoms with Crippen LogP contribution in [0.5, 0.6) is 0 Å². The summed E-state index contributed by atoms with van der Waals surface area (Å²) in [4.78, 5) is 17.5. The number of aromatic nitrogens is 6. The molecule has 0 unspecified atom stereocenters. The van der Waals surface area contributed by atoms with Gasteiger partial charge in [0.05, 0.1) is 36.9 Å². The minimum absolute atomic E-state index is 0.534. The van der Waals surface area contributed by atoms with E-state index in [1.165, 1.54) is 0 Å². The topological polar surface area (TPSA) is 107 Å². The van der Waals surface area contributed by atoms with Gasteiger partial charge in [-0.25, -0.2) is 4.98 Å². The number of hydrogen-bond acceptors (Lipinski definition) is 8. The zero-order valence-corrected chi connectivity index (χ0v) is 13.9. The van der Waals surface area contributed by atoms with Gasteiger partial charge in [-0.05, 0) is 13.0 Å². The normalized spacial score (nSPS) is 13.0. The molecule has 128 valence electrons. The van der Waals surface area contributed by atoms with E-state index in [0.29, 0.717) is 18.9 Å². The van der Waals surface area contributed by atoms with Crippen LogP contribution in [0, 0.1) is 6.92 Å². The second-order valence-electron chi connectivity index (χ2n) is 6.03. The Labute approximate surface area is 147 Å². The maximum absolute atomic E-state index is 5.09. The zero-order chi connectivity index (χ0) is 17.5. The van der Waals surface area contributed by atoms with Gasteiger partial charge >= 0.3 is 0 Å². The molecule has 4 aromatic heterocycles. The highest BCUT2D eigenvalue weighted by Gasteiger charge is 2.18. The van der Waals surface area contributed by atoms with Crippen molar-refractivity contribution in [1.82, 2.24) is 29.9 Å². The Kier molecular flexibility index (Phi) is 3.24. The van der Waals surface area contributed by atoms with Crippen molar-refractivity contribution in [3.8, 4) is 0 Å². The fourth-order valence-corrected chi connectivity index (χ4v) is 2.90. The Morgan fingerprint density at radius 1 is 1.15 bits per heavy atom. The van der Waals surface area contributed by atoms with Crippen molar-refractivity contribution >= 4 is 22.6 Å². The first-order valence-electron chi connectivity index (χ1n) is 8.12. The summed E-state index contributed by atoms with van der Waals surface area (Å²) in [5.74, 6) is 1.48. The maximum atomic E-state index is 5.09. The summed E-state index contributed by atoms with van der Waals surface area (Å²) < 4.78 is 6.89. The van der Waals surface area contributed by atoms with Crippen LogP contribution < -0.4 is 5.32 Å². The minimum Gasteiger partial charge on any atom is -0.361 e. The third-order valence-corrected chi connectivity index (χ3v) is 4.05. The molecule has 0 saturated heterocycles. The van der Waals surface area contributed by atoms with E-state index in [4.69, 9.17) is 4.52 Å². The van der Waals surface area contributed by atoms with Crippen LogP contribution in [0.1, 0.15) is 22.8 Å². The van der Waals surface area contributed by atoms with E-state index in [0.717, 1.165) is 39.6 Å². The van der Waals surface area contributed by atoms with Crippen molar-refractivity contribution in [3.63, 3.8) is 0 Å². The first kappa shape index (κ1) is 14.7. The lowest BCUT2D eigenvalue weighted by molar-refractivity contribution is 0.388. The molecule has 26 heavy (non-hydrogen) atoms. The second kappa shape index (κ2) is 5.73. The molecule has 0 atom stereocenters. The molecule has 1 aliphatic heterocycles. The third-order valence-electron chi connectivity index (χ3n) is 4.05. The Hall–Kier alpha value is -3.62. The fraction of sp³-hybridized carbons (Fsp3) is 0.176. The standard InChI is InChI=1S/C17H14N8O/c1-10-4-12(24-26-10)8-25-9-15-13(23-25)5-11(6-20-15)22-17-16-14(7-21-17)18-2-3-19-16/h2-6,9H,7-8H2,1H3,(H,21,22). The SMILES string of the molecule is Cc1cc(Cn2cc3ncc(NC4=NCc5nccnc54)cc3n2)no1. The average molecular weight is 346 g/mol. The number of nitrogens with one attached hydrogen (secondary N) is 1. The molecule has 0 aliphatic carbocycles. The molecule has 1 aliphatic rings. The predicted octanol–water partition coefficient (Wildman–Crippen LogP) is 1.94. The summed E-state index contributed by atoms with van der Waals surface area (Å²) in [7, 11) is 0. The molecule has 0 aromatic carbocycles. The lowest BCUT2D eigenvalue weighted by Crippen LogP contribution is -2.13. The van der Waals surface area contributed by atoms with Crippen LogP contribution in [0.4, 0.5) is 5.69 Å². The second-order valence-corrected chi connectivity index (χ2v) is 6.03. The van der Waals surface area contributed by atoms with Gasteiger partial charge in [-0.2, -0.15) is 5.10 Å². The van der Waals surface area contributed by atoms with Gasteiger partial charge < -0.3 is 9.84 Å². The van der Waals surface area contributed by atoms with Crippen LogP contribution in [-0.2, 0) is 13.1 Å². The summed E-state index contributed by atoms with van der Waals surface area (Å²) >= 11 is 0. The molecular formula is C17H14N8O. The molecule has 0 saturated carbocycles. The minimum atomic E-state index is 0.534. The van der Waals surface area contributed by atoms with Gasteiger partial charge in [0, 0.05) is 18.5 Å². The van der Waals surface area contributed by atoms with E-state index < -0.39 is 0 Å². The maximum Gasteiger partial charge on any atom is 0.154 e. The summed E-state index contributed by atoms with van der Waals surface area (Å²) in [6.07, 6.45) is 6.98. The van der Waals surface area contributed by atoms with Crippen LogP contribution in [0.25, 0.3) is 11.0 Å². The number of fused-ring (bicyclic) bond motifs is 2. The van der Waals surface area contributed by atoms with Gasteiger partial charge in [0.25, 0.3) is 0 Å². The highest BCUT2D eigenvalue weighted by atomic mass is 16.5. The Morgan fingerprint density at radius 2 is 2.08 bits per heavy atom. The average Bonchev–Trinajstić information content (AvgIpc) is 3.34. The van der Waals surface area contributed by atoms with E-state index >= 15 is 0 Å². The highest BCUT2D eigenvalue weighted by molar-refractivity contribution is 6.09. The van der Waals surface area contributed by atoms with Gasteiger partial charge in [-0.1, -0.05) is 5.16 Å². The van der Waals surface area contributed by atoms with Gasteiger partial charge in [0.1, 0.15) is 28.2 Å². The smallest absolute Gasteiger partial charge is 0.154 e. The molecule has 5 heterocycles. The molecule has 0 bridgehead atoms. The van der Waals surface area contributed by atoms with Crippen molar-refractivity contribution in [2.24, 2.45) is 4.99 Å². The number of pyridine rings is 1. The Balaban J connectivity index is 1.40. The number of amidine groups is 1. The molecule has 1 N–H and O–H groups in total. The third kappa shape index (κ3) is 2.59. The fourth-order valence-electron chi connectivity index (χ4n) is 2.90. The van der Waals surface area contributed by atoms with Crippen LogP contribution in [0.2, 0.25) is 0 Å². The molecule has 4 aromatic rings. The highest BCUT2D eigenvalue weighted by Crippen LogP contribution is 2.19. The molecule has 0 radical (unpaired) electrons. The predicted molar refractivity (Wildman–Crippen MR) is 93.8 cm³/mol. The van der Waals surface area contributed by atoms with E-state index in [2.05, 4.69) is 35.5 Å². The van der Waals surface area contributed by atoms with Crippen LogP contribution >= 0.6 is 0 Å².